The standard InChI is InChI=1S/C25H26FNO5S/c1-2-13-31-22-5-3-4-19(15-22)25(28)27(21-12-14-33(29,30)17-21)16-23-10-11-24(32-23)18-6-8-20(26)9-7-18/h3-11,15,21H,2,12-14,16-17H2,1H3. The van der Waals surface area contributed by atoms with Gasteiger partial charge in [-0.1, -0.05) is 13.0 Å². The predicted molar refractivity (Wildman–Crippen MR) is 123 cm³/mol. The molecule has 6 nitrogen and oxygen atoms in total. The third-order valence-corrected chi connectivity index (χ3v) is 7.33. The molecule has 33 heavy (non-hydrogen) atoms. The fourth-order valence-electron chi connectivity index (χ4n) is 3.89. The first-order chi connectivity index (χ1) is 15.8. The van der Waals surface area contributed by atoms with E-state index in [1.165, 1.54) is 12.1 Å². The Morgan fingerprint density at radius 1 is 1.15 bits per heavy atom. The number of hydrogen-bond donors (Lipinski definition) is 0. The Bertz CT molecular complexity index is 1220. The lowest BCUT2D eigenvalue weighted by atomic mass is 10.1. The van der Waals surface area contributed by atoms with Crippen molar-refractivity contribution in [1.82, 2.24) is 4.90 Å². The van der Waals surface area contributed by atoms with Gasteiger partial charge in [0.1, 0.15) is 23.1 Å². The lowest BCUT2D eigenvalue weighted by molar-refractivity contribution is 0.0666. The van der Waals surface area contributed by atoms with Crippen LogP contribution in [0.25, 0.3) is 11.3 Å². The van der Waals surface area contributed by atoms with E-state index in [-0.39, 0.29) is 29.8 Å². The third kappa shape index (κ3) is 5.63. The predicted octanol–water partition coefficient (Wildman–Crippen LogP) is 4.70. The minimum absolute atomic E-state index is 0.0556. The maximum absolute atomic E-state index is 13.5. The van der Waals surface area contributed by atoms with Crippen LogP contribution in [0.1, 0.15) is 35.9 Å². The summed E-state index contributed by atoms with van der Waals surface area (Å²) < 4.78 is 49.1. The summed E-state index contributed by atoms with van der Waals surface area (Å²) >= 11 is 0. The average molecular weight is 472 g/mol. The zero-order valence-corrected chi connectivity index (χ0v) is 19.2. The Morgan fingerprint density at radius 2 is 1.94 bits per heavy atom. The molecule has 8 heteroatoms. The Kier molecular flexibility index (Phi) is 6.83. The van der Waals surface area contributed by atoms with E-state index in [2.05, 4.69) is 0 Å². The van der Waals surface area contributed by atoms with Crippen LogP contribution in [0.3, 0.4) is 0 Å². The van der Waals surface area contributed by atoms with Crippen molar-refractivity contribution in [2.75, 3.05) is 18.1 Å². The number of amides is 1. The van der Waals surface area contributed by atoms with Crippen LogP contribution >= 0.6 is 0 Å². The van der Waals surface area contributed by atoms with Crippen molar-refractivity contribution in [2.24, 2.45) is 0 Å². The first kappa shape index (κ1) is 23.0. The van der Waals surface area contributed by atoms with Gasteiger partial charge in [0.05, 0.1) is 24.7 Å². The topological polar surface area (TPSA) is 76.8 Å². The fourth-order valence-corrected chi connectivity index (χ4v) is 5.62. The maximum atomic E-state index is 13.5. The molecule has 1 fully saturated rings. The molecule has 1 amide bonds. The highest BCUT2D eigenvalue weighted by atomic mass is 32.2. The number of halogens is 1. The van der Waals surface area contributed by atoms with Crippen LogP contribution in [-0.4, -0.2) is 43.4 Å². The summed E-state index contributed by atoms with van der Waals surface area (Å²) in [6, 6.07) is 15.9. The summed E-state index contributed by atoms with van der Waals surface area (Å²) in [6.07, 6.45) is 1.23. The fraction of sp³-hybridized carbons (Fsp3) is 0.320. The number of ether oxygens (including phenoxy) is 1. The van der Waals surface area contributed by atoms with Crippen LogP contribution in [-0.2, 0) is 16.4 Å². The molecule has 4 rings (SSSR count). The molecule has 0 bridgehead atoms. The van der Waals surface area contributed by atoms with Gasteiger partial charge >= 0.3 is 0 Å². The van der Waals surface area contributed by atoms with E-state index in [0.29, 0.717) is 41.4 Å². The normalized spacial score (nSPS) is 17.1. The van der Waals surface area contributed by atoms with Crippen molar-refractivity contribution in [3.63, 3.8) is 0 Å². The number of hydrogen-bond acceptors (Lipinski definition) is 5. The number of nitrogens with zero attached hydrogens (tertiary/aromatic N) is 1. The maximum Gasteiger partial charge on any atom is 0.254 e. The number of carbonyl (C=O) groups is 1. The summed E-state index contributed by atoms with van der Waals surface area (Å²) in [6.45, 7) is 2.67. The van der Waals surface area contributed by atoms with Gasteiger partial charge in [0.15, 0.2) is 9.84 Å². The monoisotopic (exact) mass is 471 g/mol. The van der Waals surface area contributed by atoms with Gasteiger partial charge in [-0.05, 0) is 67.4 Å². The Hall–Kier alpha value is -3.13. The number of rotatable bonds is 8. The molecule has 1 saturated heterocycles. The highest BCUT2D eigenvalue weighted by Crippen LogP contribution is 2.27. The smallest absolute Gasteiger partial charge is 0.254 e. The van der Waals surface area contributed by atoms with Crippen LogP contribution in [0.2, 0.25) is 0 Å². The lowest BCUT2D eigenvalue weighted by Crippen LogP contribution is -2.40. The largest absolute Gasteiger partial charge is 0.494 e. The summed E-state index contributed by atoms with van der Waals surface area (Å²) in [7, 11) is -3.20. The van der Waals surface area contributed by atoms with Gasteiger partial charge in [0, 0.05) is 17.2 Å². The van der Waals surface area contributed by atoms with Gasteiger partial charge < -0.3 is 14.1 Å². The molecule has 0 aliphatic carbocycles. The second-order valence-electron chi connectivity index (χ2n) is 8.14. The molecule has 1 aromatic heterocycles. The van der Waals surface area contributed by atoms with Gasteiger partial charge in [0.25, 0.3) is 5.91 Å². The molecule has 1 atom stereocenters. The quantitative estimate of drug-likeness (QED) is 0.476. The molecule has 0 N–H and O–H groups in total. The van der Waals surface area contributed by atoms with Crippen molar-refractivity contribution in [3.05, 3.63) is 77.8 Å². The van der Waals surface area contributed by atoms with E-state index in [4.69, 9.17) is 9.15 Å². The second kappa shape index (κ2) is 9.79. The molecular weight excluding hydrogens is 445 g/mol. The van der Waals surface area contributed by atoms with Gasteiger partial charge in [-0.3, -0.25) is 4.79 Å². The van der Waals surface area contributed by atoms with Gasteiger partial charge in [-0.15, -0.1) is 0 Å². The van der Waals surface area contributed by atoms with Crippen LogP contribution in [0.15, 0.2) is 65.1 Å². The highest BCUT2D eigenvalue weighted by molar-refractivity contribution is 7.91. The summed E-state index contributed by atoms with van der Waals surface area (Å²) in [5.41, 5.74) is 1.14. The van der Waals surface area contributed by atoms with Crippen molar-refractivity contribution in [3.8, 4) is 17.1 Å². The third-order valence-electron chi connectivity index (χ3n) is 5.58. The molecule has 1 aliphatic heterocycles. The molecule has 0 radical (unpaired) electrons. The molecule has 1 unspecified atom stereocenters. The van der Waals surface area contributed by atoms with Crippen LogP contribution in [0.5, 0.6) is 5.75 Å². The van der Waals surface area contributed by atoms with Crippen LogP contribution in [0, 0.1) is 5.82 Å². The minimum Gasteiger partial charge on any atom is -0.494 e. The number of furan rings is 1. The van der Waals surface area contributed by atoms with Crippen LogP contribution in [0.4, 0.5) is 4.39 Å². The summed E-state index contributed by atoms with van der Waals surface area (Å²) in [5.74, 6) is 1.03. The molecule has 3 aromatic rings. The van der Waals surface area contributed by atoms with Gasteiger partial charge in [-0.25, -0.2) is 12.8 Å². The zero-order valence-electron chi connectivity index (χ0n) is 18.4. The molecule has 1 aliphatic rings. The van der Waals surface area contributed by atoms with Crippen LogP contribution < -0.4 is 4.74 Å². The van der Waals surface area contributed by atoms with Gasteiger partial charge in [-0.2, -0.15) is 0 Å². The number of benzene rings is 2. The van der Waals surface area contributed by atoms with Crippen molar-refractivity contribution >= 4 is 15.7 Å². The number of sulfone groups is 1. The molecule has 2 aromatic carbocycles. The second-order valence-corrected chi connectivity index (χ2v) is 10.4. The molecule has 174 valence electrons. The SMILES string of the molecule is CCCOc1cccc(C(=O)N(Cc2ccc(-c3ccc(F)cc3)o2)C2CCS(=O)(=O)C2)c1. The molecule has 0 saturated carbocycles. The molecular formula is C25H26FNO5S. The van der Waals surface area contributed by atoms with E-state index in [1.54, 1.807) is 53.4 Å². The average Bonchev–Trinajstić information content (AvgIpc) is 3.42. The first-order valence-electron chi connectivity index (χ1n) is 10.9. The van der Waals surface area contributed by atoms with E-state index in [0.717, 1.165) is 6.42 Å². The Morgan fingerprint density at radius 3 is 2.64 bits per heavy atom. The van der Waals surface area contributed by atoms with Crippen molar-refractivity contribution in [2.45, 2.75) is 32.4 Å². The van der Waals surface area contributed by atoms with Gasteiger partial charge in [0.2, 0.25) is 0 Å². The Labute approximate surface area is 192 Å². The minimum atomic E-state index is -3.20. The summed E-state index contributed by atoms with van der Waals surface area (Å²) in [5, 5.41) is 0. The van der Waals surface area contributed by atoms with Crippen molar-refractivity contribution < 1.29 is 26.8 Å². The van der Waals surface area contributed by atoms with E-state index >= 15 is 0 Å². The lowest BCUT2D eigenvalue weighted by Gasteiger charge is -2.27. The van der Waals surface area contributed by atoms with Crippen molar-refractivity contribution in [1.29, 1.82) is 0 Å². The first-order valence-corrected chi connectivity index (χ1v) is 12.8. The molecule has 0 spiro atoms. The van der Waals surface area contributed by atoms with E-state index < -0.39 is 15.9 Å². The highest BCUT2D eigenvalue weighted by Gasteiger charge is 2.35. The number of carbonyl (C=O) groups excluding carboxylic acids is 1. The zero-order chi connectivity index (χ0) is 23.4. The molecule has 2 heterocycles. The Balaban J connectivity index is 1.59. The van der Waals surface area contributed by atoms with E-state index in [9.17, 15) is 17.6 Å². The summed E-state index contributed by atoms with van der Waals surface area (Å²) in [4.78, 5) is 15.0. The van der Waals surface area contributed by atoms with E-state index in [1.807, 2.05) is 6.92 Å².